The summed E-state index contributed by atoms with van der Waals surface area (Å²) < 4.78 is 70.7. The average Bonchev–Trinajstić information content (AvgIpc) is 2.52. The molecule has 0 aliphatic carbocycles. The maximum absolute atomic E-state index is 13.7. The quantitative estimate of drug-likeness (QED) is 0.586. The normalized spacial score (nSPS) is 18.8. The molecule has 1 fully saturated rings. The molecule has 1 aliphatic rings. The highest BCUT2D eigenvalue weighted by molar-refractivity contribution is 7.95. The van der Waals surface area contributed by atoms with E-state index in [2.05, 4.69) is 11.6 Å². The lowest BCUT2D eigenvalue weighted by Crippen LogP contribution is -2.40. The number of morpholine rings is 1. The minimum Gasteiger partial charge on any atom is -0.378 e. The Kier molecular flexibility index (Phi) is 5.70. The highest BCUT2D eigenvalue weighted by atomic mass is 35.5. The summed E-state index contributed by atoms with van der Waals surface area (Å²) in [5.74, 6) is 0. The molecule has 23 heavy (non-hydrogen) atoms. The highest BCUT2D eigenvalue weighted by Gasteiger charge is 2.61. The fraction of sp³-hybridized carbons (Fsp3) is 0.429. The van der Waals surface area contributed by atoms with Gasteiger partial charge in [0.05, 0.1) is 18.1 Å². The van der Waals surface area contributed by atoms with Crippen LogP contribution in [-0.2, 0) is 15.5 Å². The number of hydrogen-bond donors (Lipinski definition) is 0. The fourth-order valence-corrected chi connectivity index (χ4v) is 3.24. The van der Waals surface area contributed by atoms with E-state index in [0.717, 1.165) is 0 Å². The van der Waals surface area contributed by atoms with Gasteiger partial charge in [-0.2, -0.15) is 17.6 Å². The molecular weight excluding hydrogens is 358 g/mol. The molecule has 1 aromatic rings. The zero-order valence-corrected chi connectivity index (χ0v) is 13.4. The maximum atomic E-state index is 13.7. The first kappa shape index (κ1) is 18.2. The Morgan fingerprint density at radius 2 is 1.74 bits per heavy atom. The Balaban J connectivity index is 2.41. The van der Waals surface area contributed by atoms with Gasteiger partial charge in [0.15, 0.2) is 0 Å². The van der Waals surface area contributed by atoms with Gasteiger partial charge in [-0.3, -0.25) is 0 Å². The molecule has 0 amide bonds. The van der Waals surface area contributed by atoms with Crippen LogP contribution in [0.4, 0.5) is 17.6 Å². The van der Waals surface area contributed by atoms with Crippen LogP contribution < -0.4 is 0 Å². The minimum absolute atomic E-state index is 0.165. The molecule has 0 radical (unpaired) electrons. The molecule has 1 saturated heterocycles. The molecule has 2 rings (SSSR count). The molecule has 1 atom stereocenters. The molecule has 0 saturated carbocycles. The lowest BCUT2D eigenvalue weighted by Gasteiger charge is -2.27. The number of nitrogens with zero attached hydrogens (tertiary/aromatic N) is 1. The van der Waals surface area contributed by atoms with Gasteiger partial charge in [0.1, 0.15) is 10.8 Å². The highest BCUT2D eigenvalue weighted by Crippen LogP contribution is 2.44. The van der Waals surface area contributed by atoms with Crippen LogP contribution in [0, 0.1) is 0 Å². The summed E-state index contributed by atoms with van der Waals surface area (Å²) in [6.07, 6.45) is 1.21. The maximum Gasteiger partial charge on any atom is 0.402 e. The van der Waals surface area contributed by atoms with Crippen LogP contribution in [0.15, 0.2) is 36.5 Å². The molecule has 3 nitrogen and oxygen atoms in total. The summed E-state index contributed by atoms with van der Waals surface area (Å²) in [5, 5.41) is -9.82. The molecule has 1 aromatic carbocycles. The van der Waals surface area contributed by atoms with Gasteiger partial charge in [-0.15, -0.1) is 0 Å². The van der Waals surface area contributed by atoms with Gasteiger partial charge in [0, 0.05) is 19.3 Å². The molecule has 0 spiro atoms. The number of halogens is 5. The van der Waals surface area contributed by atoms with Crippen molar-refractivity contribution in [1.29, 1.82) is 0 Å². The third kappa shape index (κ3) is 4.24. The second-order valence-electron chi connectivity index (χ2n) is 4.79. The van der Waals surface area contributed by atoms with Crippen LogP contribution in [0.1, 0.15) is 5.56 Å². The van der Waals surface area contributed by atoms with Gasteiger partial charge < -0.3 is 9.64 Å². The predicted molar refractivity (Wildman–Crippen MR) is 80.7 cm³/mol. The van der Waals surface area contributed by atoms with Gasteiger partial charge in [-0.25, -0.2) is 4.21 Å². The van der Waals surface area contributed by atoms with E-state index in [4.69, 9.17) is 4.74 Å². The van der Waals surface area contributed by atoms with Crippen LogP contribution in [-0.4, -0.2) is 46.0 Å². The van der Waals surface area contributed by atoms with E-state index < -0.39 is 26.3 Å². The van der Waals surface area contributed by atoms with Crippen LogP contribution in [0.2, 0.25) is 0 Å². The first-order chi connectivity index (χ1) is 10.7. The Morgan fingerprint density at radius 3 is 2.26 bits per heavy atom. The minimum atomic E-state index is -4.92. The number of alkyl halides is 5. The molecule has 1 unspecified atom stereocenters. The lowest BCUT2D eigenvalue weighted by atomic mass is 10.2. The van der Waals surface area contributed by atoms with Crippen molar-refractivity contribution in [3.63, 3.8) is 0 Å². The van der Waals surface area contributed by atoms with Crippen molar-refractivity contribution >= 4 is 27.3 Å². The standard InChI is InChI=1S/C14H14ClF4NO2S/c15-13(16,17)14(18,19)23(21)12(11-4-2-1-3-5-11)10-20-6-8-22-9-7-20/h1-5,10H,6-9H2/b12-10+. The summed E-state index contributed by atoms with van der Waals surface area (Å²) in [6.45, 7) is 1.51. The predicted octanol–water partition coefficient (Wildman–Crippen LogP) is 3.49. The Hall–Kier alpha value is -1.12. The smallest absolute Gasteiger partial charge is 0.378 e. The van der Waals surface area contributed by atoms with Crippen molar-refractivity contribution < 1.29 is 26.5 Å². The molecule has 128 valence electrons. The fourth-order valence-electron chi connectivity index (χ4n) is 1.95. The van der Waals surface area contributed by atoms with E-state index in [1.165, 1.54) is 30.5 Å². The van der Waals surface area contributed by atoms with Gasteiger partial charge in [-0.05, 0) is 17.2 Å². The molecule has 0 bridgehead atoms. The van der Waals surface area contributed by atoms with Crippen molar-refractivity contribution in [2.45, 2.75) is 10.6 Å². The Morgan fingerprint density at radius 1 is 1.17 bits per heavy atom. The third-order valence-electron chi connectivity index (χ3n) is 3.17. The lowest BCUT2D eigenvalue weighted by molar-refractivity contribution is -0.0924. The van der Waals surface area contributed by atoms with Crippen LogP contribution in [0.3, 0.4) is 0 Å². The molecule has 9 heteroatoms. The molecule has 1 heterocycles. The van der Waals surface area contributed by atoms with Crippen molar-refractivity contribution in [1.82, 2.24) is 4.90 Å². The van der Waals surface area contributed by atoms with Gasteiger partial charge in [0.25, 0.3) is 0 Å². The van der Waals surface area contributed by atoms with E-state index in [0.29, 0.717) is 26.3 Å². The number of ether oxygens (including phenoxy) is 1. The molecule has 0 aromatic heterocycles. The SMILES string of the molecule is O=S(/C(=C/N1CCOCC1)c1ccccc1)C(F)(F)C(F)(F)Cl. The van der Waals surface area contributed by atoms with E-state index in [1.54, 1.807) is 11.0 Å². The van der Waals surface area contributed by atoms with Crippen molar-refractivity contribution in [2.75, 3.05) is 26.3 Å². The zero-order valence-electron chi connectivity index (χ0n) is 11.9. The molecule has 0 N–H and O–H groups in total. The summed E-state index contributed by atoms with van der Waals surface area (Å²) in [5.41, 5.74) is 0.165. The Labute approximate surface area is 138 Å². The third-order valence-corrected chi connectivity index (χ3v) is 4.98. The Bertz CT molecular complexity index is 586. The van der Waals surface area contributed by atoms with Gasteiger partial charge in [-0.1, -0.05) is 30.3 Å². The summed E-state index contributed by atoms with van der Waals surface area (Å²) in [7, 11) is -3.33. The second kappa shape index (κ2) is 7.19. The molecular formula is C14H14ClF4NO2S. The van der Waals surface area contributed by atoms with Crippen LogP contribution in [0.5, 0.6) is 0 Å². The largest absolute Gasteiger partial charge is 0.402 e. The first-order valence-corrected chi connectivity index (χ1v) is 8.21. The monoisotopic (exact) mass is 371 g/mol. The van der Waals surface area contributed by atoms with E-state index in [-0.39, 0.29) is 5.56 Å². The van der Waals surface area contributed by atoms with E-state index >= 15 is 0 Å². The number of rotatable bonds is 5. The number of benzene rings is 1. The van der Waals surface area contributed by atoms with Crippen molar-refractivity contribution in [3.8, 4) is 0 Å². The van der Waals surface area contributed by atoms with Gasteiger partial charge >= 0.3 is 10.6 Å². The van der Waals surface area contributed by atoms with E-state index in [9.17, 15) is 21.8 Å². The molecule has 1 aliphatic heterocycles. The number of hydrogen-bond acceptors (Lipinski definition) is 3. The first-order valence-electron chi connectivity index (χ1n) is 6.69. The van der Waals surface area contributed by atoms with Crippen molar-refractivity contribution in [2.24, 2.45) is 0 Å². The summed E-state index contributed by atoms with van der Waals surface area (Å²) in [6, 6.07) is 7.56. The average molecular weight is 372 g/mol. The van der Waals surface area contributed by atoms with Crippen molar-refractivity contribution in [3.05, 3.63) is 42.1 Å². The summed E-state index contributed by atoms with van der Waals surface area (Å²) in [4.78, 5) is 1.20. The second-order valence-corrected chi connectivity index (χ2v) is 6.76. The van der Waals surface area contributed by atoms with Crippen LogP contribution in [0.25, 0.3) is 4.91 Å². The zero-order chi connectivity index (χ0) is 17.1. The topological polar surface area (TPSA) is 29.5 Å². The summed E-state index contributed by atoms with van der Waals surface area (Å²) >= 11 is 4.46. The van der Waals surface area contributed by atoms with E-state index in [1.807, 2.05) is 0 Å². The van der Waals surface area contributed by atoms with Gasteiger partial charge in [0.2, 0.25) is 0 Å². The van der Waals surface area contributed by atoms with Crippen LogP contribution >= 0.6 is 11.6 Å².